The summed E-state index contributed by atoms with van der Waals surface area (Å²) in [4.78, 5) is 17.1. The van der Waals surface area contributed by atoms with Crippen LogP contribution in [-0.4, -0.2) is 44.1 Å². The smallest absolute Gasteiger partial charge is 0.351 e. The molecule has 0 aliphatic heterocycles. The van der Waals surface area contributed by atoms with Gasteiger partial charge in [-0.15, -0.1) is 23.1 Å². The Morgan fingerprint density at radius 3 is 2.78 bits per heavy atom. The molecule has 0 spiro atoms. The quantitative estimate of drug-likeness (QED) is 0.189. The number of thiazole rings is 1. The first-order chi connectivity index (χ1) is 15.5. The van der Waals surface area contributed by atoms with Crippen LogP contribution in [-0.2, 0) is 27.4 Å². The van der Waals surface area contributed by atoms with Gasteiger partial charge < -0.3 is 24.3 Å². The van der Waals surface area contributed by atoms with E-state index in [0.717, 1.165) is 10.4 Å². The lowest BCUT2D eigenvalue weighted by Gasteiger charge is -2.14. The standard InChI is InChI=1S/C21H24ClN3O5S2/c1-4-28-7-8-29-20(26)16(10-23)19(31-3)24-11-14-5-6-17(18(9-14)27-2)30-13-15-12-25-21(22)32-15/h5-6,9,12,24H,4,7-8,11,13H2,1-3H3/b19-16+. The van der Waals surface area contributed by atoms with Gasteiger partial charge in [-0.3, -0.25) is 0 Å². The van der Waals surface area contributed by atoms with Gasteiger partial charge in [-0.05, 0) is 30.9 Å². The largest absolute Gasteiger partial charge is 0.493 e. The van der Waals surface area contributed by atoms with Crippen molar-refractivity contribution in [2.75, 3.05) is 33.2 Å². The minimum absolute atomic E-state index is 0.0795. The molecule has 0 unspecified atom stereocenters. The molecule has 0 atom stereocenters. The van der Waals surface area contributed by atoms with E-state index < -0.39 is 5.97 Å². The highest BCUT2D eigenvalue weighted by Crippen LogP contribution is 2.30. The molecule has 1 N–H and O–H groups in total. The fourth-order valence-corrected chi connectivity index (χ4v) is 3.93. The summed E-state index contributed by atoms with van der Waals surface area (Å²) in [5.74, 6) is 0.455. The minimum Gasteiger partial charge on any atom is -0.493 e. The van der Waals surface area contributed by atoms with Crippen molar-refractivity contribution in [3.8, 4) is 17.6 Å². The first-order valence-electron chi connectivity index (χ1n) is 9.59. The number of rotatable bonds is 13. The number of nitriles is 1. The van der Waals surface area contributed by atoms with Crippen LogP contribution in [0, 0.1) is 11.3 Å². The molecule has 0 radical (unpaired) electrons. The first-order valence-corrected chi connectivity index (χ1v) is 12.0. The van der Waals surface area contributed by atoms with Crippen molar-refractivity contribution in [2.45, 2.75) is 20.1 Å². The molecule has 1 aromatic carbocycles. The summed E-state index contributed by atoms with van der Waals surface area (Å²) in [5, 5.41) is 13.0. The number of methoxy groups -OCH3 is 1. The highest BCUT2D eigenvalue weighted by Gasteiger charge is 2.17. The number of carbonyl (C=O) groups is 1. The predicted molar refractivity (Wildman–Crippen MR) is 125 cm³/mol. The normalized spacial score (nSPS) is 11.3. The molecule has 32 heavy (non-hydrogen) atoms. The average Bonchev–Trinajstić information content (AvgIpc) is 3.23. The number of thioether (sulfide) groups is 1. The van der Waals surface area contributed by atoms with Gasteiger partial charge in [0.15, 0.2) is 21.5 Å². The van der Waals surface area contributed by atoms with Crippen LogP contribution in [0.15, 0.2) is 35.0 Å². The fraction of sp³-hybridized carbons (Fsp3) is 0.381. The summed E-state index contributed by atoms with van der Waals surface area (Å²) in [7, 11) is 1.56. The maximum absolute atomic E-state index is 12.2. The molecule has 8 nitrogen and oxygen atoms in total. The van der Waals surface area contributed by atoms with Gasteiger partial charge in [0.1, 0.15) is 19.3 Å². The summed E-state index contributed by atoms with van der Waals surface area (Å²) in [6, 6.07) is 7.41. The molecule has 1 heterocycles. The van der Waals surface area contributed by atoms with Gasteiger partial charge in [0, 0.05) is 19.3 Å². The molecule has 0 aliphatic carbocycles. The van der Waals surface area contributed by atoms with Crippen LogP contribution >= 0.6 is 34.7 Å². The Morgan fingerprint density at radius 1 is 1.34 bits per heavy atom. The molecule has 2 rings (SSSR count). The van der Waals surface area contributed by atoms with Gasteiger partial charge in [0.25, 0.3) is 0 Å². The van der Waals surface area contributed by atoms with E-state index >= 15 is 0 Å². The zero-order chi connectivity index (χ0) is 23.3. The first kappa shape index (κ1) is 25.8. The van der Waals surface area contributed by atoms with Crippen LogP contribution in [0.1, 0.15) is 17.4 Å². The van der Waals surface area contributed by atoms with Crippen LogP contribution in [0.5, 0.6) is 11.5 Å². The van der Waals surface area contributed by atoms with Crippen LogP contribution < -0.4 is 14.8 Å². The number of hydrogen-bond donors (Lipinski definition) is 1. The molecule has 1 aromatic heterocycles. The number of esters is 1. The van der Waals surface area contributed by atoms with Crippen molar-refractivity contribution in [3.05, 3.63) is 49.9 Å². The molecule has 172 valence electrons. The zero-order valence-corrected chi connectivity index (χ0v) is 20.4. The third kappa shape index (κ3) is 7.91. The second kappa shape index (κ2) is 13.9. The monoisotopic (exact) mass is 497 g/mol. The van der Waals surface area contributed by atoms with Gasteiger partial charge in [-0.25, -0.2) is 9.78 Å². The molecule has 0 saturated carbocycles. The molecule has 0 amide bonds. The highest BCUT2D eigenvalue weighted by molar-refractivity contribution is 8.02. The minimum atomic E-state index is -0.687. The fourth-order valence-electron chi connectivity index (χ4n) is 2.48. The van der Waals surface area contributed by atoms with E-state index in [0.29, 0.717) is 40.8 Å². The topological polar surface area (TPSA) is 103 Å². The maximum Gasteiger partial charge on any atom is 0.351 e. The summed E-state index contributed by atoms with van der Waals surface area (Å²) in [5.41, 5.74) is 0.799. The predicted octanol–water partition coefficient (Wildman–Crippen LogP) is 4.15. The van der Waals surface area contributed by atoms with Crippen molar-refractivity contribution < 1.29 is 23.7 Å². The van der Waals surface area contributed by atoms with E-state index in [-0.39, 0.29) is 18.8 Å². The Hall–Kier alpha value is -2.45. The molecule has 0 saturated heterocycles. The Kier molecular flexibility index (Phi) is 11.2. The highest BCUT2D eigenvalue weighted by atomic mass is 35.5. The van der Waals surface area contributed by atoms with Gasteiger partial charge >= 0.3 is 5.97 Å². The van der Waals surface area contributed by atoms with E-state index in [1.54, 1.807) is 25.6 Å². The van der Waals surface area contributed by atoms with Crippen molar-refractivity contribution >= 4 is 40.7 Å². The van der Waals surface area contributed by atoms with Crippen LogP contribution in [0.3, 0.4) is 0 Å². The second-order valence-electron chi connectivity index (χ2n) is 6.06. The lowest BCUT2D eigenvalue weighted by Crippen LogP contribution is -2.19. The van der Waals surface area contributed by atoms with Crippen molar-refractivity contribution in [1.29, 1.82) is 5.26 Å². The number of nitrogens with zero attached hydrogens (tertiary/aromatic N) is 2. The van der Waals surface area contributed by atoms with Crippen molar-refractivity contribution in [1.82, 2.24) is 10.3 Å². The van der Waals surface area contributed by atoms with Crippen LogP contribution in [0.25, 0.3) is 0 Å². The maximum atomic E-state index is 12.2. The number of ether oxygens (including phenoxy) is 4. The number of benzene rings is 1. The third-order valence-electron chi connectivity index (χ3n) is 3.99. The third-order valence-corrected chi connectivity index (χ3v) is 5.83. The lowest BCUT2D eigenvalue weighted by molar-refractivity contribution is -0.140. The molecule has 0 aliphatic rings. The van der Waals surface area contributed by atoms with E-state index in [4.69, 9.17) is 30.5 Å². The van der Waals surface area contributed by atoms with Crippen molar-refractivity contribution in [3.63, 3.8) is 0 Å². The molecule has 11 heteroatoms. The lowest BCUT2D eigenvalue weighted by atomic mass is 10.2. The number of hydrogen-bond acceptors (Lipinski definition) is 10. The SMILES string of the molecule is CCOCCOC(=O)/C(C#N)=C(\NCc1ccc(OCc2cnc(Cl)s2)c(OC)c1)SC. The van der Waals surface area contributed by atoms with Crippen LogP contribution in [0.2, 0.25) is 4.47 Å². The summed E-state index contributed by atoms with van der Waals surface area (Å²) in [6.07, 6.45) is 3.44. The van der Waals surface area contributed by atoms with E-state index in [9.17, 15) is 10.1 Å². The number of aromatic nitrogens is 1. The van der Waals surface area contributed by atoms with Crippen LogP contribution in [0.4, 0.5) is 0 Å². The Bertz CT molecular complexity index is 975. The summed E-state index contributed by atoms with van der Waals surface area (Å²) >= 11 is 8.45. The Labute approximate surface area is 200 Å². The summed E-state index contributed by atoms with van der Waals surface area (Å²) in [6.45, 7) is 3.45. The van der Waals surface area contributed by atoms with E-state index in [1.807, 2.05) is 25.1 Å². The zero-order valence-electron chi connectivity index (χ0n) is 18.0. The number of halogens is 1. The average molecular weight is 498 g/mol. The van der Waals surface area contributed by atoms with Gasteiger partial charge in [-0.2, -0.15) is 5.26 Å². The number of nitrogens with one attached hydrogen (secondary N) is 1. The van der Waals surface area contributed by atoms with E-state index in [1.165, 1.54) is 23.1 Å². The Balaban J connectivity index is 2.02. The molecule has 0 fully saturated rings. The second-order valence-corrected chi connectivity index (χ2v) is 8.57. The molecule has 2 aromatic rings. The molecular weight excluding hydrogens is 474 g/mol. The summed E-state index contributed by atoms with van der Waals surface area (Å²) < 4.78 is 21.9. The van der Waals surface area contributed by atoms with E-state index in [2.05, 4.69) is 10.3 Å². The van der Waals surface area contributed by atoms with Gasteiger partial charge in [0.05, 0.1) is 23.6 Å². The van der Waals surface area contributed by atoms with Gasteiger partial charge in [0.2, 0.25) is 0 Å². The Morgan fingerprint density at radius 2 is 2.16 bits per heavy atom. The van der Waals surface area contributed by atoms with Crippen molar-refractivity contribution in [2.24, 2.45) is 0 Å². The number of carbonyl (C=O) groups excluding carboxylic acids is 1. The van der Waals surface area contributed by atoms with Gasteiger partial charge in [-0.1, -0.05) is 17.7 Å². The molecular formula is C21H24ClN3O5S2. The molecule has 0 bridgehead atoms.